The number of nitrogens with one attached hydrogen (secondary N) is 1. The molecule has 34 heavy (non-hydrogen) atoms. The maximum absolute atomic E-state index is 12.7. The lowest BCUT2D eigenvalue weighted by atomic mass is 9.73. The van der Waals surface area contributed by atoms with Crippen LogP contribution in [0.5, 0.6) is 0 Å². The number of nitrogens with zero attached hydrogens (tertiary/aromatic N) is 2. The lowest BCUT2D eigenvalue weighted by Gasteiger charge is -2.29. The van der Waals surface area contributed by atoms with E-state index in [9.17, 15) is 9.59 Å². The van der Waals surface area contributed by atoms with Crippen molar-refractivity contribution in [1.29, 1.82) is 0 Å². The van der Waals surface area contributed by atoms with Gasteiger partial charge >= 0.3 is 0 Å². The predicted molar refractivity (Wildman–Crippen MR) is 133 cm³/mol. The average molecular weight is 461 g/mol. The Kier molecular flexibility index (Phi) is 7.32. The summed E-state index contributed by atoms with van der Waals surface area (Å²) in [6.45, 7) is 0.691. The monoisotopic (exact) mass is 460 g/mol. The molecule has 11 N–H and O–H groups in total. The molecule has 2 aromatic carbocycles. The largest absolute Gasteiger partial charge is 0.370 e. The van der Waals surface area contributed by atoms with Crippen LogP contribution in [0.2, 0.25) is 0 Å². The summed E-state index contributed by atoms with van der Waals surface area (Å²) in [5.41, 5.74) is 29.7. The van der Waals surface area contributed by atoms with Crippen LogP contribution in [0.15, 0.2) is 82.3 Å². The van der Waals surface area contributed by atoms with Crippen molar-refractivity contribution < 1.29 is 9.59 Å². The van der Waals surface area contributed by atoms with Crippen LogP contribution in [0, 0.1) is 0 Å². The Bertz CT molecular complexity index is 1170. The third kappa shape index (κ3) is 5.80. The number of carbonyl (C=O) groups is 2. The zero-order valence-corrected chi connectivity index (χ0v) is 18.6. The number of primary amides is 1. The Morgan fingerprint density at radius 1 is 0.824 bits per heavy atom. The van der Waals surface area contributed by atoms with Gasteiger partial charge in [0.1, 0.15) is 0 Å². The van der Waals surface area contributed by atoms with Crippen LogP contribution in [0.4, 0.5) is 5.69 Å². The summed E-state index contributed by atoms with van der Waals surface area (Å²) in [5, 5.41) is 2.84. The van der Waals surface area contributed by atoms with Crippen molar-refractivity contribution in [1.82, 2.24) is 0 Å². The highest BCUT2D eigenvalue weighted by Gasteiger charge is 2.37. The number of aliphatic imine (C=N–C) groups is 2. The first-order chi connectivity index (χ1) is 16.2. The van der Waals surface area contributed by atoms with Crippen LogP contribution in [-0.4, -0.2) is 23.7 Å². The van der Waals surface area contributed by atoms with Crippen LogP contribution in [0.3, 0.4) is 0 Å². The van der Waals surface area contributed by atoms with Crippen molar-refractivity contribution in [3.05, 3.63) is 89.0 Å². The molecule has 2 aromatic rings. The van der Waals surface area contributed by atoms with Crippen molar-refractivity contribution in [2.24, 2.45) is 38.7 Å². The summed E-state index contributed by atoms with van der Waals surface area (Å²) in [5.74, 6) is -0.778. The van der Waals surface area contributed by atoms with E-state index in [-0.39, 0.29) is 24.2 Å². The molecular formula is C24H28N8O2. The van der Waals surface area contributed by atoms with E-state index in [0.717, 1.165) is 16.7 Å². The van der Waals surface area contributed by atoms with Gasteiger partial charge in [-0.1, -0.05) is 54.6 Å². The van der Waals surface area contributed by atoms with Gasteiger partial charge in [0.15, 0.2) is 11.9 Å². The number of nitrogens with two attached hydrogens (primary N) is 5. The Labute approximate surface area is 197 Å². The van der Waals surface area contributed by atoms with Crippen LogP contribution in [0.25, 0.3) is 0 Å². The Morgan fingerprint density at radius 2 is 1.35 bits per heavy atom. The van der Waals surface area contributed by atoms with Gasteiger partial charge in [0.2, 0.25) is 5.91 Å². The van der Waals surface area contributed by atoms with E-state index < -0.39 is 11.3 Å². The van der Waals surface area contributed by atoms with Crippen molar-refractivity contribution in [2.45, 2.75) is 24.9 Å². The van der Waals surface area contributed by atoms with Crippen molar-refractivity contribution in [3.8, 4) is 0 Å². The molecule has 1 atom stereocenters. The number of allylic oxidation sites excluding steroid dienone is 1. The fourth-order valence-corrected chi connectivity index (χ4v) is 3.52. The molecule has 10 heteroatoms. The molecular weight excluding hydrogens is 432 g/mol. The lowest BCUT2D eigenvalue weighted by Crippen LogP contribution is -2.40. The zero-order valence-electron chi connectivity index (χ0n) is 18.6. The molecule has 0 bridgehead atoms. The fourth-order valence-electron chi connectivity index (χ4n) is 3.52. The summed E-state index contributed by atoms with van der Waals surface area (Å²) in [7, 11) is 0. The lowest BCUT2D eigenvalue weighted by molar-refractivity contribution is -0.122. The standard InChI is InChI=1S/C24H28N8O2/c25-21(34)24(18-5-1-15(2-6-18)13-30-22(26)27)11-9-17(10-12-24)20(33)32-19-7-3-16(4-8-19)14-31-23(28)29/h1-11H,12-14H2,(H2,25,34)(H,32,33)(H4,26,27,30)(H4,28,29,31). The molecule has 1 aliphatic carbocycles. The number of anilines is 1. The number of amides is 2. The molecule has 176 valence electrons. The predicted octanol–water partition coefficient (Wildman–Crippen LogP) is 0.482. The molecule has 2 amide bonds. The van der Waals surface area contributed by atoms with Crippen LogP contribution < -0.4 is 34.0 Å². The SMILES string of the molecule is NC(=O)C1(c2ccc(CN=C(N)N)cc2)C=CC(C(=O)Nc2ccc(CN=C(N)N)cc2)=CC1. The molecule has 0 spiro atoms. The highest BCUT2D eigenvalue weighted by atomic mass is 16.2. The second-order valence-electron chi connectivity index (χ2n) is 7.86. The van der Waals surface area contributed by atoms with Gasteiger partial charge in [-0.2, -0.15) is 0 Å². The maximum Gasteiger partial charge on any atom is 0.255 e. The van der Waals surface area contributed by atoms with Gasteiger partial charge in [0, 0.05) is 11.3 Å². The quantitative estimate of drug-likeness (QED) is 0.244. The zero-order chi connectivity index (χ0) is 24.7. The van der Waals surface area contributed by atoms with Gasteiger partial charge in [-0.25, -0.2) is 9.98 Å². The molecule has 3 rings (SSSR count). The summed E-state index contributed by atoms with van der Waals surface area (Å²) in [6.07, 6.45) is 5.25. The summed E-state index contributed by atoms with van der Waals surface area (Å²) in [4.78, 5) is 33.1. The second kappa shape index (κ2) is 10.3. The minimum atomic E-state index is -1.05. The summed E-state index contributed by atoms with van der Waals surface area (Å²) < 4.78 is 0. The maximum atomic E-state index is 12.7. The van der Waals surface area contributed by atoms with Crippen LogP contribution in [-0.2, 0) is 28.1 Å². The first-order valence-electron chi connectivity index (χ1n) is 10.5. The number of rotatable bonds is 8. The highest BCUT2D eigenvalue weighted by molar-refractivity contribution is 6.06. The molecule has 1 unspecified atom stereocenters. The molecule has 0 radical (unpaired) electrons. The van der Waals surface area contributed by atoms with Gasteiger partial charge < -0.3 is 34.0 Å². The normalized spacial score (nSPS) is 16.8. The number of benzene rings is 2. The minimum Gasteiger partial charge on any atom is -0.370 e. The average Bonchev–Trinajstić information content (AvgIpc) is 2.82. The van der Waals surface area contributed by atoms with E-state index in [0.29, 0.717) is 24.4 Å². The van der Waals surface area contributed by atoms with E-state index in [1.165, 1.54) is 0 Å². The Hall–Kier alpha value is -4.60. The molecule has 0 fully saturated rings. The number of hydrogen-bond acceptors (Lipinski definition) is 4. The van der Waals surface area contributed by atoms with E-state index in [4.69, 9.17) is 28.7 Å². The van der Waals surface area contributed by atoms with Gasteiger partial charge in [0.25, 0.3) is 5.91 Å². The van der Waals surface area contributed by atoms with Gasteiger partial charge in [-0.15, -0.1) is 0 Å². The van der Waals surface area contributed by atoms with E-state index >= 15 is 0 Å². The first-order valence-corrected chi connectivity index (χ1v) is 10.5. The Balaban J connectivity index is 1.70. The molecule has 0 aliphatic heterocycles. The number of guanidine groups is 2. The topological polar surface area (TPSA) is 201 Å². The van der Waals surface area contributed by atoms with Crippen LogP contribution in [0.1, 0.15) is 23.1 Å². The van der Waals surface area contributed by atoms with Crippen molar-refractivity contribution in [2.75, 3.05) is 5.32 Å². The van der Waals surface area contributed by atoms with E-state index in [1.54, 1.807) is 30.4 Å². The molecule has 10 nitrogen and oxygen atoms in total. The molecule has 0 aromatic heterocycles. The van der Waals surface area contributed by atoms with E-state index in [1.807, 2.05) is 36.4 Å². The van der Waals surface area contributed by atoms with Gasteiger partial charge in [-0.05, 0) is 35.2 Å². The van der Waals surface area contributed by atoms with Gasteiger partial charge in [0.05, 0.1) is 18.5 Å². The third-order valence-corrected chi connectivity index (χ3v) is 5.46. The summed E-state index contributed by atoms with van der Waals surface area (Å²) in [6, 6.07) is 14.5. The van der Waals surface area contributed by atoms with Crippen molar-refractivity contribution in [3.63, 3.8) is 0 Å². The van der Waals surface area contributed by atoms with E-state index in [2.05, 4.69) is 15.3 Å². The number of carbonyl (C=O) groups excluding carboxylic acids is 2. The third-order valence-electron chi connectivity index (χ3n) is 5.46. The second-order valence-corrected chi connectivity index (χ2v) is 7.86. The fraction of sp³-hybridized carbons (Fsp3) is 0.167. The molecule has 0 saturated heterocycles. The highest BCUT2D eigenvalue weighted by Crippen LogP contribution is 2.34. The Morgan fingerprint density at radius 3 is 1.79 bits per heavy atom. The first kappa shape index (κ1) is 24.1. The molecule has 0 saturated carbocycles. The smallest absolute Gasteiger partial charge is 0.255 e. The molecule has 0 heterocycles. The molecule has 1 aliphatic rings. The minimum absolute atomic E-state index is 0.00530. The van der Waals surface area contributed by atoms with Gasteiger partial charge in [-0.3, -0.25) is 9.59 Å². The number of hydrogen-bond donors (Lipinski definition) is 6. The summed E-state index contributed by atoms with van der Waals surface area (Å²) >= 11 is 0. The van der Waals surface area contributed by atoms with Crippen molar-refractivity contribution >= 4 is 29.4 Å². The van der Waals surface area contributed by atoms with Crippen LogP contribution >= 0.6 is 0 Å².